The maximum Gasteiger partial charge on any atom is 0.313 e. The Hall–Kier alpha value is -3.98. The Kier molecular flexibility index (Phi) is 11.2. The van der Waals surface area contributed by atoms with Crippen molar-refractivity contribution in [3.63, 3.8) is 0 Å². The molecule has 0 saturated heterocycles. The van der Waals surface area contributed by atoms with E-state index >= 15 is 0 Å². The van der Waals surface area contributed by atoms with Gasteiger partial charge in [-0.3, -0.25) is 9.59 Å². The van der Waals surface area contributed by atoms with Crippen LogP contribution < -0.4 is 11.5 Å². The molecule has 39 heavy (non-hydrogen) atoms. The molecule has 0 spiro atoms. The van der Waals surface area contributed by atoms with Gasteiger partial charge in [-0.2, -0.15) is 0 Å². The maximum atomic E-state index is 13.2. The van der Waals surface area contributed by atoms with Crippen molar-refractivity contribution in [1.29, 1.82) is 0 Å². The number of benzene rings is 3. The van der Waals surface area contributed by atoms with Gasteiger partial charge in [-0.1, -0.05) is 84.9 Å². The van der Waals surface area contributed by atoms with Crippen molar-refractivity contribution in [1.82, 2.24) is 0 Å². The topological polar surface area (TPSA) is 156 Å². The summed E-state index contributed by atoms with van der Waals surface area (Å²) in [6.07, 6.45) is 0.527. The lowest BCUT2D eigenvalue weighted by Crippen LogP contribution is -2.39. The van der Waals surface area contributed by atoms with Gasteiger partial charge >= 0.3 is 5.97 Å². The normalized spacial score (nSPS) is 15.3. The number of nitrogens with two attached hydrogens (primary N) is 2. The number of hydrogen-bond donors (Lipinski definition) is 5. The molecule has 0 fully saturated rings. The molecular formula is C31H36N2O6. The SMILES string of the molecule is NC(=O)[C@H](Cc1ccccc1)OC(=O)[C@H](Cc1ccccc1)[C@@H](O)/C=C/C[C@H](O)[C@@H](N)Cc1ccc(O)cc1. The van der Waals surface area contributed by atoms with Crippen molar-refractivity contribution in [2.75, 3.05) is 0 Å². The molecule has 0 aliphatic carbocycles. The third-order valence-electron chi connectivity index (χ3n) is 6.47. The Labute approximate surface area is 228 Å². The molecule has 0 aliphatic heterocycles. The number of phenolic OH excluding ortho intramolecular Hbond substituents is 1. The molecule has 0 aliphatic rings. The zero-order valence-corrected chi connectivity index (χ0v) is 21.7. The zero-order valence-electron chi connectivity index (χ0n) is 21.7. The van der Waals surface area contributed by atoms with E-state index in [-0.39, 0.29) is 25.0 Å². The summed E-state index contributed by atoms with van der Waals surface area (Å²) < 4.78 is 5.52. The standard InChI is InChI=1S/C31H36N2O6/c32-26(19-23-14-16-24(34)17-15-23)28(36)13-7-12-27(35)25(18-21-8-3-1-4-9-21)31(38)39-29(30(33)37)20-22-10-5-2-6-11-22/h1-12,14-17,25-29,34-36H,13,18-20,32H2,(H2,33,37)/b12-7+/t25-,26+,27+,28+,29+/m1/s1. The van der Waals surface area contributed by atoms with Crippen LogP contribution in [0.5, 0.6) is 5.75 Å². The molecule has 8 nitrogen and oxygen atoms in total. The van der Waals surface area contributed by atoms with Crippen molar-refractivity contribution in [2.24, 2.45) is 17.4 Å². The molecule has 3 aromatic rings. The molecule has 7 N–H and O–H groups in total. The fourth-order valence-corrected chi connectivity index (χ4v) is 4.17. The van der Waals surface area contributed by atoms with Crippen molar-refractivity contribution in [3.8, 4) is 5.75 Å². The van der Waals surface area contributed by atoms with Crippen LogP contribution >= 0.6 is 0 Å². The van der Waals surface area contributed by atoms with E-state index in [2.05, 4.69) is 0 Å². The molecule has 5 atom stereocenters. The largest absolute Gasteiger partial charge is 0.508 e. The average molecular weight is 533 g/mol. The highest BCUT2D eigenvalue weighted by atomic mass is 16.5. The van der Waals surface area contributed by atoms with Crippen molar-refractivity contribution in [3.05, 3.63) is 114 Å². The van der Waals surface area contributed by atoms with Crippen LogP contribution in [0, 0.1) is 5.92 Å². The van der Waals surface area contributed by atoms with Gasteiger partial charge in [-0.25, -0.2) is 0 Å². The van der Waals surface area contributed by atoms with E-state index in [0.717, 1.165) is 16.7 Å². The van der Waals surface area contributed by atoms with E-state index in [1.165, 1.54) is 6.08 Å². The number of hydrogen-bond acceptors (Lipinski definition) is 7. The second-order valence-corrected chi connectivity index (χ2v) is 9.57. The number of ether oxygens (including phenoxy) is 1. The van der Waals surface area contributed by atoms with Gasteiger partial charge in [-0.05, 0) is 48.1 Å². The molecule has 0 heterocycles. The van der Waals surface area contributed by atoms with E-state index in [1.54, 1.807) is 42.5 Å². The minimum absolute atomic E-state index is 0.122. The third-order valence-corrected chi connectivity index (χ3v) is 6.47. The second kappa shape index (κ2) is 14.8. The van der Waals surface area contributed by atoms with Gasteiger partial charge in [-0.15, -0.1) is 0 Å². The number of aliphatic hydroxyl groups is 2. The summed E-state index contributed by atoms with van der Waals surface area (Å²) in [5, 5.41) is 30.9. The number of carbonyl (C=O) groups is 2. The molecule has 0 aromatic heterocycles. The van der Waals surface area contributed by atoms with Crippen LogP contribution in [0.3, 0.4) is 0 Å². The van der Waals surface area contributed by atoms with Gasteiger partial charge in [0.2, 0.25) is 0 Å². The Morgan fingerprint density at radius 1 is 0.795 bits per heavy atom. The molecule has 0 saturated carbocycles. The van der Waals surface area contributed by atoms with E-state index in [1.807, 2.05) is 48.5 Å². The molecule has 0 unspecified atom stereocenters. The Morgan fingerprint density at radius 3 is 1.90 bits per heavy atom. The van der Waals surface area contributed by atoms with Gasteiger partial charge in [0.15, 0.2) is 6.10 Å². The lowest BCUT2D eigenvalue weighted by molar-refractivity contribution is -0.161. The lowest BCUT2D eigenvalue weighted by Gasteiger charge is -2.23. The van der Waals surface area contributed by atoms with E-state index < -0.39 is 42.1 Å². The Balaban J connectivity index is 1.66. The van der Waals surface area contributed by atoms with Crippen LogP contribution in [0.15, 0.2) is 97.1 Å². The van der Waals surface area contributed by atoms with Crippen LogP contribution in [0.1, 0.15) is 23.1 Å². The fourth-order valence-electron chi connectivity index (χ4n) is 4.17. The van der Waals surface area contributed by atoms with Gasteiger partial charge in [0.05, 0.1) is 18.1 Å². The summed E-state index contributed by atoms with van der Waals surface area (Å²) in [4.78, 5) is 25.3. The molecule has 1 amide bonds. The quantitative estimate of drug-likeness (QED) is 0.158. The number of rotatable bonds is 14. The van der Waals surface area contributed by atoms with E-state index in [9.17, 15) is 24.9 Å². The number of amides is 1. The molecule has 206 valence electrons. The minimum atomic E-state index is -1.25. The molecular weight excluding hydrogens is 496 g/mol. The summed E-state index contributed by atoms with van der Waals surface area (Å²) in [5.41, 5.74) is 14.1. The maximum absolute atomic E-state index is 13.2. The number of carbonyl (C=O) groups excluding carboxylic acids is 2. The first-order chi connectivity index (χ1) is 18.7. The number of phenols is 1. The molecule has 3 aromatic carbocycles. The van der Waals surface area contributed by atoms with Crippen LogP contribution in [0.2, 0.25) is 0 Å². The summed E-state index contributed by atoms with van der Waals surface area (Å²) in [6, 6.07) is 24.2. The summed E-state index contributed by atoms with van der Waals surface area (Å²) in [5.74, 6) is -2.39. The average Bonchev–Trinajstić information content (AvgIpc) is 2.93. The van der Waals surface area contributed by atoms with Crippen molar-refractivity contribution >= 4 is 11.9 Å². The predicted octanol–water partition coefficient (Wildman–Crippen LogP) is 2.43. The molecule has 3 rings (SSSR count). The number of esters is 1. The van der Waals surface area contributed by atoms with Gasteiger partial charge < -0.3 is 31.5 Å². The van der Waals surface area contributed by atoms with E-state index in [0.29, 0.717) is 6.42 Å². The summed E-state index contributed by atoms with van der Waals surface area (Å²) in [7, 11) is 0. The van der Waals surface area contributed by atoms with Crippen LogP contribution in [-0.4, -0.2) is 51.5 Å². The number of aromatic hydroxyl groups is 1. The minimum Gasteiger partial charge on any atom is -0.508 e. The van der Waals surface area contributed by atoms with Crippen molar-refractivity contribution < 1.29 is 29.6 Å². The highest BCUT2D eigenvalue weighted by Crippen LogP contribution is 2.19. The van der Waals surface area contributed by atoms with Crippen LogP contribution in [0.4, 0.5) is 0 Å². The van der Waals surface area contributed by atoms with Gasteiger partial charge in [0, 0.05) is 12.5 Å². The first-order valence-corrected chi connectivity index (χ1v) is 12.9. The Morgan fingerprint density at radius 2 is 1.33 bits per heavy atom. The van der Waals surface area contributed by atoms with Crippen LogP contribution in [-0.2, 0) is 33.6 Å². The number of aliphatic hydroxyl groups excluding tert-OH is 2. The first-order valence-electron chi connectivity index (χ1n) is 12.9. The highest BCUT2D eigenvalue weighted by Gasteiger charge is 2.31. The monoisotopic (exact) mass is 532 g/mol. The van der Waals surface area contributed by atoms with Crippen LogP contribution in [0.25, 0.3) is 0 Å². The highest BCUT2D eigenvalue weighted by molar-refractivity contribution is 5.83. The first kappa shape index (κ1) is 29.6. The van der Waals surface area contributed by atoms with E-state index in [4.69, 9.17) is 16.2 Å². The smallest absolute Gasteiger partial charge is 0.313 e. The Bertz CT molecular complexity index is 1200. The van der Waals surface area contributed by atoms with Crippen molar-refractivity contribution in [2.45, 2.75) is 50.0 Å². The third kappa shape index (κ3) is 9.68. The zero-order chi connectivity index (χ0) is 28.2. The summed E-state index contributed by atoms with van der Waals surface area (Å²) >= 11 is 0. The molecule has 0 bridgehead atoms. The molecule has 8 heteroatoms. The van der Waals surface area contributed by atoms with Gasteiger partial charge in [0.1, 0.15) is 5.75 Å². The summed E-state index contributed by atoms with van der Waals surface area (Å²) in [6.45, 7) is 0. The molecule has 0 radical (unpaired) electrons. The second-order valence-electron chi connectivity index (χ2n) is 9.57. The predicted molar refractivity (Wildman–Crippen MR) is 148 cm³/mol. The number of primary amides is 1. The van der Waals surface area contributed by atoms with Gasteiger partial charge in [0.25, 0.3) is 5.91 Å². The fraction of sp³-hybridized carbons (Fsp3) is 0.290. The lowest BCUT2D eigenvalue weighted by atomic mass is 9.93.